The molecular formula is C17H23F3N2O3. The van der Waals surface area contributed by atoms with E-state index in [9.17, 15) is 22.8 Å². The number of carbonyl (C=O) groups is 2. The van der Waals surface area contributed by atoms with Crippen LogP contribution in [0.2, 0.25) is 0 Å². The van der Waals surface area contributed by atoms with Crippen molar-refractivity contribution in [3.8, 4) is 0 Å². The zero-order valence-electron chi connectivity index (χ0n) is 14.7. The molecule has 2 amide bonds. The number of halogens is 3. The maximum Gasteiger partial charge on any atom is 0.422 e. The number of benzene rings is 1. The molecule has 1 atom stereocenters. The maximum atomic E-state index is 12.1. The minimum absolute atomic E-state index is 0.0529. The van der Waals surface area contributed by atoms with Crippen molar-refractivity contribution in [2.45, 2.75) is 39.9 Å². The topological polar surface area (TPSA) is 67.4 Å². The molecule has 1 aromatic carbocycles. The zero-order chi connectivity index (χ0) is 19.3. The summed E-state index contributed by atoms with van der Waals surface area (Å²) in [6, 6.07) is 6.32. The van der Waals surface area contributed by atoms with E-state index in [1.165, 1.54) is 0 Å². The van der Waals surface area contributed by atoms with E-state index in [4.69, 9.17) is 0 Å². The normalized spacial score (nSPS) is 13.1. The first-order chi connectivity index (χ1) is 11.4. The van der Waals surface area contributed by atoms with Crippen LogP contribution in [0, 0.1) is 12.3 Å². The van der Waals surface area contributed by atoms with Crippen molar-refractivity contribution < 1.29 is 27.5 Å². The Hall–Kier alpha value is -2.25. The molecule has 1 aromatic rings. The van der Waals surface area contributed by atoms with Gasteiger partial charge < -0.3 is 15.4 Å². The van der Waals surface area contributed by atoms with Crippen molar-refractivity contribution in [1.82, 2.24) is 10.6 Å². The number of amides is 2. The average Bonchev–Trinajstić information content (AvgIpc) is 2.48. The summed E-state index contributed by atoms with van der Waals surface area (Å²) in [5.74, 6) is -0.334. The van der Waals surface area contributed by atoms with Gasteiger partial charge in [-0.05, 0) is 24.5 Å². The maximum absolute atomic E-state index is 12.1. The molecule has 0 fully saturated rings. The summed E-state index contributed by atoms with van der Waals surface area (Å²) in [6.07, 6.45) is -5.77. The first-order valence-corrected chi connectivity index (χ1v) is 7.73. The monoisotopic (exact) mass is 360 g/mol. The van der Waals surface area contributed by atoms with E-state index in [2.05, 4.69) is 15.4 Å². The molecule has 0 aliphatic heterocycles. The number of rotatable bonds is 5. The number of ether oxygens (including phenoxy) is 1. The lowest BCUT2D eigenvalue weighted by molar-refractivity contribution is -0.160. The number of alkyl halides is 3. The predicted molar refractivity (Wildman–Crippen MR) is 87.3 cm³/mol. The van der Waals surface area contributed by atoms with E-state index in [1.807, 2.05) is 6.92 Å². The fourth-order valence-corrected chi connectivity index (χ4v) is 1.91. The van der Waals surface area contributed by atoms with E-state index in [1.54, 1.807) is 45.0 Å². The van der Waals surface area contributed by atoms with Gasteiger partial charge in [0, 0.05) is 12.1 Å². The number of hydrogen-bond acceptors (Lipinski definition) is 3. The summed E-state index contributed by atoms with van der Waals surface area (Å²) in [5, 5.41) is 5.04. The molecule has 0 aliphatic carbocycles. The van der Waals surface area contributed by atoms with E-state index < -0.39 is 30.3 Å². The van der Waals surface area contributed by atoms with Crippen molar-refractivity contribution in [3.05, 3.63) is 35.4 Å². The molecule has 0 radical (unpaired) electrons. The summed E-state index contributed by atoms with van der Waals surface area (Å²) in [7, 11) is 0. The minimum atomic E-state index is -4.59. The second-order valence-electron chi connectivity index (χ2n) is 6.83. The van der Waals surface area contributed by atoms with E-state index in [0.717, 1.165) is 5.56 Å². The first-order valence-electron chi connectivity index (χ1n) is 7.73. The molecule has 0 unspecified atom stereocenters. The van der Waals surface area contributed by atoms with Crippen LogP contribution in [-0.2, 0) is 4.74 Å². The second kappa shape index (κ2) is 8.22. The van der Waals surface area contributed by atoms with Crippen LogP contribution in [0.15, 0.2) is 24.3 Å². The molecule has 0 aromatic heterocycles. The number of nitrogens with one attached hydrogen (secondary N) is 2. The largest absolute Gasteiger partial charge is 0.440 e. The fourth-order valence-electron chi connectivity index (χ4n) is 1.91. The van der Waals surface area contributed by atoms with Crippen LogP contribution in [0.1, 0.15) is 36.7 Å². The molecule has 2 N–H and O–H groups in total. The first kappa shape index (κ1) is 20.8. The van der Waals surface area contributed by atoms with Gasteiger partial charge in [0.05, 0.1) is 6.04 Å². The highest BCUT2D eigenvalue weighted by Crippen LogP contribution is 2.20. The molecule has 0 bridgehead atoms. The van der Waals surface area contributed by atoms with Crippen LogP contribution < -0.4 is 10.6 Å². The average molecular weight is 360 g/mol. The SMILES string of the molecule is Cc1ccc(C(=O)NC[C@@H](NC(=O)OCC(F)(F)F)C(C)(C)C)cc1. The number of alkyl carbamates (subject to hydrolysis) is 1. The van der Waals surface area contributed by atoms with E-state index in [0.29, 0.717) is 5.56 Å². The van der Waals surface area contributed by atoms with Gasteiger partial charge in [0.1, 0.15) is 0 Å². The molecule has 25 heavy (non-hydrogen) atoms. The number of aryl methyl sites for hydroxylation is 1. The van der Waals surface area contributed by atoms with E-state index >= 15 is 0 Å². The molecular weight excluding hydrogens is 337 g/mol. The molecule has 0 spiro atoms. The van der Waals surface area contributed by atoms with Crippen molar-refractivity contribution >= 4 is 12.0 Å². The summed E-state index contributed by atoms with van der Waals surface area (Å²) in [5.41, 5.74) is 0.966. The van der Waals surface area contributed by atoms with Gasteiger partial charge in [-0.3, -0.25) is 4.79 Å². The van der Waals surface area contributed by atoms with Crippen LogP contribution in [0.5, 0.6) is 0 Å². The Kier molecular flexibility index (Phi) is 6.84. The lowest BCUT2D eigenvalue weighted by Gasteiger charge is -2.31. The Morgan fingerprint density at radius 2 is 1.68 bits per heavy atom. The summed E-state index contributed by atoms with van der Waals surface area (Å²) in [6.45, 7) is 5.66. The Morgan fingerprint density at radius 3 is 2.16 bits per heavy atom. The van der Waals surface area contributed by atoms with Gasteiger partial charge in [0.25, 0.3) is 5.91 Å². The van der Waals surface area contributed by atoms with Gasteiger partial charge in [-0.25, -0.2) is 4.79 Å². The standard InChI is InChI=1S/C17H23F3N2O3/c1-11-5-7-12(8-6-11)14(23)21-9-13(16(2,3)4)22-15(24)25-10-17(18,19)20/h5-8,13H,9-10H2,1-4H3,(H,21,23)(H,22,24)/t13-/m1/s1. The minimum Gasteiger partial charge on any atom is -0.440 e. The number of carbonyl (C=O) groups excluding carboxylic acids is 2. The van der Waals surface area contributed by atoms with Crippen LogP contribution in [0.3, 0.4) is 0 Å². The second-order valence-corrected chi connectivity index (χ2v) is 6.83. The highest BCUT2D eigenvalue weighted by molar-refractivity contribution is 5.94. The fraction of sp³-hybridized carbons (Fsp3) is 0.529. The third-order valence-corrected chi connectivity index (χ3v) is 3.48. The zero-order valence-corrected chi connectivity index (χ0v) is 14.7. The summed E-state index contributed by atoms with van der Waals surface area (Å²) in [4.78, 5) is 23.7. The Balaban J connectivity index is 2.63. The Bertz CT molecular complexity index is 593. The quantitative estimate of drug-likeness (QED) is 0.845. The molecule has 5 nitrogen and oxygen atoms in total. The summed E-state index contributed by atoms with van der Waals surface area (Å²) < 4.78 is 40.4. The third-order valence-electron chi connectivity index (χ3n) is 3.48. The Labute approximate surface area is 144 Å². The van der Waals surface area contributed by atoms with Crippen molar-refractivity contribution in [1.29, 1.82) is 0 Å². The summed E-state index contributed by atoms with van der Waals surface area (Å²) >= 11 is 0. The van der Waals surface area contributed by atoms with Crippen LogP contribution in [-0.4, -0.2) is 37.4 Å². The van der Waals surface area contributed by atoms with Gasteiger partial charge in [-0.15, -0.1) is 0 Å². The third kappa shape index (κ3) is 7.91. The van der Waals surface area contributed by atoms with Crippen molar-refractivity contribution in [2.24, 2.45) is 5.41 Å². The molecule has 8 heteroatoms. The van der Waals surface area contributed by atoms with E-state index in [-0.39, 0.29) is 12.5 Å². The van der Waals surface area contributed by atoms with Gasteiger partial charge in [-0.1, -0.05) is 38.5 Å². The Morgan fingerprint density at radius 1 is 1.12 bits per heavy atom. The van der Waals surface area contributed by atoms with Crippen molar-refractivity contribution in [3.63, 3.8) is 0 Å². The molecule has 0 saturated heterocycles. The molecule has 140 valence electrons. The molecule has 0 saturated carbocycles. The highest BCUT2D eigenvalue weighted by atomic mass is 19.4. The molecule has 0 heterocycles. The van der Waals surface area contributed by atoms with Crippen LogP contribution in [0.4, 0.5) is 18.0 Å². The van der Waals surface area contributed by atoms with Crippen LogP contribution >= 0.6 is 0 Å². The van der Waals surface area contributed by atoms with Crippen molar-refractivity contribution in [2.75, 3.05) is 13.2 Å². The lowest BCUT2D eigenvalue weighted by Crippen LogP contribution is -2.51. The molecule has 0 aliphatic rings. The van der Waals surface area contributed by atoms with Gasteiger partial charge in [0.2, 0.25) is 0 Å². The van der Waals surface area contributed by atoms with Crippen LogP contribution in [0.25, 0.3) is 0 Å². The van der Waals surface area contributed by atoms with Gasteiger partial charge in [0.15, 0.2) is 6.61 Å². The van der Waals surface area contributed by atoms with Gasteiger partial charge >= 0.3 is 12.3 Å². The molecule has 1 rings (SSSR count). The smallest absolute Gasteiger partial charge is 0.422 e. The predicted octanol–water partition coefficient (Wildman–Crippen LogP) is 3.43. The number of hydrogen-bond donors (Lipinski definition) is 2. The van der Waals surface area contributed by atoms with Gasteiger partial charge in [-0.2, -0.15) is 13.2 Å². The highest BCUT2D eigenvalue weighted by Gasteiger charge is 2.32. The lowest BCUT2D eigenvalue weighted by atomic mass is 9.86.